The van der Waals surface area contributed by atoms with Crippen LogP contribution in [0.2, 0.25) is 0 Å². The third-order valence-electron chi connectivity index (χ3n) is 2.60. The van der Waals surface area contributed by atoms with Gasteiger partial charge in [-0.2, -0.15) is 0 Å². The second-order valence-corrected chi connectivity index (χ2v) is 5.65. The first-order valence-corrected chi connectivity index (χ1v) is 7.43. The van der Waals surface area contributed by atoms with E-state index >= 15 is 0 Å². The van der Waals surface area contributed by atoms with E-state index in [1.54, 1.807) is 11.3 Å². The summed E-state index contributed by atoms with van der Waals surface area (Å²) in [5, 5.41) is 7.80. The van der Waals surface area contributed by atoms with Gasteiger partial charge in [0.25, 0.3) is 0 Å². The molecule has 2 N–H and O–H groups in total. The van der Waals surface area contributed by atoms with Crippen LogP contribution in [0.3, 0.4) is 0 Å². The lowest BCUT2D eigenvalue weighted by Crippen LogP contribution is -2.42. The van der Waals surface area contributed by atoms with Crippen molar-refractivity contribution in [1.29, 1.82) is 0 Å². The first kappa shape index (κ1) is 18.6. The Hall–Kier alpha value is -0.370. The highest BCUT2D eigenvalue weighted by atomic mass is 127. The summed E-state index contributed by atoms with van der Waals surface area (Å²) in [6.45, 7) is 10.2. The van der Waals surface area contributed by atoms with Crippen LogP contribution in [0.1, 0.15) is 37.1 Å². The second kappa shape index (κ2) is 10.4. The molecular weight excluding hydrogens is 371 g/mol. The van der Waals surface area contributed by atoms with Gasteiger partial charge in [0.2, 0.25) is 0 Å². The van der Waals surface area contributed by atoms with Crippen molar-refractivity contribution in [3.63, 3.8) is 0 Å². The van der Waals surface area contributed by atoms with Crippen molar-refractivity contribution in [2.45, 2.75) is 46.6 Å². The molecule has 0 fully saturated rings. The standard InChI is InChI=1S/C13H24N4S.HI/c1-5-10(3)17-13(14-6-2)15-8-7-12-16-9-11(4)18-12;/h9-10H,5-8H2,1-4H3,(H2,14,15,17);1H. The monoisotopic (exact) mass is 396 g/mol. The van der Waals surface area contributed by atoms with Gasteiger partial charge in [-0.1, -0.05) is 6.92 Å². The van der Waals surface area contributed by atoms with Crippen molar-refractivity contribution in [1.82, 2.24) is 15.6 Å². The van der Waals surface area contributed by atoms with Gasteiger partial charge in [0.1, 0.15) is 0 Å². The summed E-state index contributed by atoms with van der Waals surface area (Å²) in [7, 11) is 0. The number of hydrogen-bond donors (Lipinski definition) is 2. The van der Waals surface area contributed by atoms with Gasteiger partial charge >= 0.3 is 0 Å². The fraction of sp³-hybridized carbons (Fsp3) is 0.692. The average molecular weight is 396 g/mol. The van der Waals surface area contributed by atoms with E-state index in [0.29, 0.717) is 6.04 Å². The van der Waals surface area contributed by atoms with E-state index in [1.165, 1.54) is 4.88 Å². The largest absolute Gasteiger partial charge is 0.357 e. The van der Waals surface area contributed by atoms with Crippen molar-refractivity contribution in [2.75, 3.05) is 13.1 Å². The molecule has 1 heterocycles. The first-order chi connectivity index (χ1) is 8.65. The third-order valence-corrected chi connectivity index (χ3v) is 3.58. The van der Waals surface area contributed by atoms with E-state index in [9.17, 15) is 0 Å². The number of thiazole rings is 1. The van der Waals surface area contributed by atoms with E-state index in [2.05, 4.69) is 48.3 Å². The van der Waals surface area contributed by atoms with Gasteiger partial charge in [-0.05, 0) is 27.2 Å². The van der Waals surface area contributed by atoms with E-state index in [0.717, 1.165) is 36.9 Å². The summed E-state index contributed by atoms with van der Waals surface area (Å²) in [6, 6.07) is 0.449. The van der Waals surface area contributed by atoms with E-state index < -0.39 is 0 Å². The Labute approximate surface area is 137 Å². The van der Waals surface area contributed by atoms with Gasteiger partial charge in [0.15, 0.2) is 5.96 Å². The Kier molecular flexibility index (Phi) is 10.2. The highest BCUT2D eigenvalue weighted by Crippen LogP contribution is 2.11. The number of nitrogens with zero attached hydrogens (tertiary/aromatic N) is 2. The first-order valence-electron chi connectivity index (χ1n) is 6.61. The molecule has 19 heavy (non-hydrogen) atoms. The molecule has 0 spiro atoms. The number of halogens is 1. The minimum absolute atomic E-state index is 0. The number of aryl methyl sites for hydroxylation is 1. The molecule has 110 valence electrons. The third kappa shape index (κ3) is 7.71. The predicted molar refractivity (Wildman–Crippen MR) is 94.8 cm³/mol. The predicted octanol–water partition coefficient (Wildman–Crippen LogP) is 2.97. The van der Waals surface area contributed by atoms with Crippen molar-refractivity contribution in [3.05, 3.63) is 16.1 Å². The van der Waals surface area contributed by atoms with Crippen LogP contribution >= 0.6 is 35.3 Å². The average Bonchev–Trinajstić information content (AvgIpc) is 2.75. The SMILES string of the molecule is CCNC(=NCCc1ncc(C)s1)NC(C)CC.I. The second-order valence-electron chi connectivity index (χ2n) is 4.33. The minimum Gasteiger partial charge on any atom is -0.357 e. The fourth-order valence-corrected chi connectivity index (χ4v) is 2.21. The number of hydrogen-bond acceptors (Lipinski definition) is 3. The van der Waals surface area contributed by atoms with Crippen LogP contribution in [0.25, 0.3) is 0 Å². The van der Waals surface area contributed by atoms with Crippen LogP contribution in [0.4, 0.5) is 0 Å². The lowest BCUT2D eigenvalue weighted by Gasteiger charge is -2.15. The van der Waals surface area contributed by atoms with Gasteiger partial charge in [-0.3, -0.25) is 4.99 Å². The zero-order valence-corrected chi connectivity index (χ0v) is 15.3. The molecule has 4 nitrogen and oxygen atoms in total. The molecule has 0 aliphatic carbocycles. The number of aliphatic imine (C=N–C) groups is 1. The Morgan fingerprint density at radius 3 is 2.74 bits per heavy atom. The number of nitrogens with one attached hydrogen (secondary N) is 2. The maximum atomic E-state index is 4.57. The molecular formula is C13H25IN4S. The smallest absolute Gasteiger partial charge is 0.191 e. The van der Waals surface area contributed by atoms with Crippen LogP contribution in [0.15, 0.2) is 11.2 Å². The molecule has 1 unspecified atom stereocenters. The van der Waals surface area contributed by atoms with Crippen LogP contribution in [-0.2, 0) is 6.42 Å². The molecule has 0 saturated heterocycles. The van der Waals surface area contributed by atoms with Crippen LogP contribution in [-0.4, -0.2) is 30.1 Å². The van der Waals surface area contributed by atoms with E-state index in [-0.39, 0.29) is 24.0 Å². The quantitative estimate of drug-likeness (QED) is 0.442. The molecule has 0 aromatic carbocycles. The highest BCUT2D eigenvalue weighted by molar-refractivity contribution is 14.0. The van der Waals surface area contributed by atoms with Gasteiger partial charge in [0.05, 0.1) is 5.01 Å². The lowest BCUT2D eigenvalue weighted by molar-refractivity contribution is 0.624. The summed E-state index contributed by atoms with van der Waals surface area (Å²) in [4.78, 5) is 10.2. The molecule has 0 aliphatic rings. The van der Waals surface area contributed by atoms with E-state index in [1.807, 2.05) is 6.20 Å². The maximum Gasteiger partial charge on any atom is 0.191 e. The molecule has 0 aliphatic heterocycles. The molecule has 1 rings (SSSR count). The summed E-state index contributed by atoms with van der Waals surface area (Å²) < 4.78 is 0. The number of rotatable bonds is 6. The molecule has 0 amide bonds. The van der Waals surface area contributed by atoms with Gasteiger partial charge in [0, 0.05) is 36.6 Å². The van der Waals surface area contributed by atoms with Crippen LogP contribution in [0, 0.1) is 6.92 Å². The molecule has 1 atom stereocenters. The zero-order chi connectivity index (χ0) is 13.4. The van der Waals surface area contributed by atoms with Crippen molar-refractivity contribution in [3.8, 4) is 0 Å². The summed E-state index contributed by atoms with van der Waals surface area (Å²) in [5.74, 6) is 0.903. The maximum absolute atomic E-state index is 4.57. The van der Waals surface area contributed by atoms with Gasteiger partial charge in [-0.15, -0.1) is 35.3 Å². The Bertz CT molecular complexity index is 378. The van der Waals surface area contributed by atoms with Crippen LogP contribution < -0.4 is 10.6 Å². The number of aromatic nitrogens is 1. The summed E-state index contributed by atoms with van der Waals surface area (Å²) in [5.41, 5.74) is 0. The topological polar surface area (TPSA) is 49.3 Å². The molecule has 1 aromatic rings. The fourth-order valence-electron chi connectivity index (χ4n) is 1.44. The zero-order valence-electron chi connectivity index (χ0n) is 12.2. The van der Waals surface area contributed by atoms with Crippen molar-refractivity contribution >= 4 is 41.3 Å². The van der Waals surface area contributed by atoms with Gasteiger partial charge < -0.3 is 10.6 Å². The summed E-state index contributed by atoms with van der Waals surface area (Å²) >= 11 is 1.75. The van der Waals surface area contributed by atoms with Crippen molar-refractivity contribution in [2.24, 2.45) is 4.99 Å². The van der Waals surface area contributed by atoms with E-state index in [4.69, 9.17) is 0 Å². The normalized spacial score (nSPS) is 12.7. The molecule has 6 heteroatoms. The lowest BCUT2D eigenvalue weighted by atomic mass is 10.3. The number of guanidine groups is 1. The Balaban J connectivity index is 0.00000324. The molecule has 1 aromatic heterocycles. The summed E-state index contributed by atoms with van der Waals surface area (Å²) in [6.07, 6.45) is 3.93. The Morgan fingerprint density at radius 1 is 1.47 bits per heavy atom. The Morgan fingerprint density at radius 2 is 2.21 bits per heavy atom. The van der Waals surface area contributed by atoms with Crippen molar-refractivity contribution < 1.29 is 0 Å². The molecule has 0 saturated carbocycles. The minimum atomic E-state index is 0. The van der Waals surface area contributed by atoms with Crippen LogP contribution in [0.5, 0.6) is 0 Å². The highest BCUT2D eigenvalue weighted by Gasteiger charge is 2.02. The molecule has 0 bridgehead atoms. The molecule has 0 radical (unpaired) electrons. The van der Waals surface area contributed by atoms with Gasteiger partial charge in [-0.25, -0.2) is 4.98 Å².